The smallest absolute Gasteiger partial charge is 0.215 e. The highest BCUT2D eigenvalue weighted by atomic mass is 29.6. The molecule has 0 aliphatic heterocycles. The minimum absolute atomic E-state index is 0.617. The van der Waals surface area contributed by atoms with Gasteiger partial charge in [-0.25, -0.2) is 0 Å². The Morgan fingerprint density at radius 3 is 1.30 bits per heavy atom. The van der Waals surface area contributed by atoms with E-state index < -0.39 is 23.3 Å². The number of hydrogen-bond donors (Lipinski definition) is 0. The molecule has 0 aromatic heterocycles. The van der Waals surface area contributed by atoms with Crippen LogP contribution < -0.4 is 0 Å². The summed E-state index contributed by atoms with van der Waals surface area (Å²) in [4.78, 5) is 11.8. The molecule has 61 valence electrons. The van der Waals surface area contributed by atoms with Crippen molar-refractivity contribution < 1.29 is 4.80 Å². The van der Waals surface area contributed by atoms with Gasteiger partial charge >= 0.3 is 0 Å². The van der Waals surface area contributed by atoms with Crippen LogP contribution in [0.1, 0.15) is 0 Å². The summed E-state index contributed by atoms with van der Waals surface area (Å²) in [5.41, 5.74) is 0. The van der Waals surface area contributed by atoms with Gasteiger partial charge in [0.1, 0.15) is 0 Å². The van der Waals surface area contributed by atoms with Crippen LogP contribution >= 0.6 is 0 Å². The molecule has 0 rings (SSSR count). The predicted molar refractivity (Wildman–Crippen MR) is 54.5 cm³/mol. The molecule has 10 heavy (non-hydrogen) atoms. The highest BCUT2D eigenvalue weighted by molar-refractivity contribution is 7.62. The van der Waals surface area contributed by atoms with Crippen LogP contribution in [0, 0.1) is 0 Å². The zero-order valence-corrected chi connectivity index (χ0v) is 11.1. The van der Waals surface area contributed by atoms with E-state index in [1.54, 1.807) is 0 Å². The third-order valence-electron chi connectivity index (χ3n) is 3.00. The maximum Gasteiger partial charge on any atom is 0.215 e. The molecule has 0 saturated heterocycles. The van der Waals surface area contributed by atoms with Crippen molar-refractivity contribution in [3.63, 3.8) is 0 Å². The van der Waals surface area contributed by atoms with E-state index in [0.717, 1.165) is 0 Å². The molecule has 0 N–H and O–H groups in total. The lowest BCUT2D eigenvalue weighted by molar-refractivity contribution is 0.448. The van der Waals surface area contributed by atoms with Gasteiger partial charge in [-0.3, -0.25) is 0 Å². The van der Waals surface area contributed by atoms with Crippen molar-refractivity contribution in [3.05, 3.63) is 0 Å². The Balaban J connectivity index is 4.40. The SMILES string of the molecule is C[SiH](C)[Si](C)(C)[Si](C)(C)[O]. The molecule has 1 nitrogen and oxygen atoms in total. The van der Waals surface area contributed by atoms with E-state index in [9.17, 15) is 4.80 Å². The van der Waals surface area contributed by atoms with Crippen LogP contribution in [0.3, 0.4) is 0 Å². The molecule has 0 spiro atoms. The Morgan fingerprint density at radius 2 is 1.30 bits per heavy atom. The summed E-state index contributed by atoms with van der Waals surface area (Å²) < 4.78 is 0. The van der Waals surface area contributed by atoms with Crippen LogP contribution in [0.5, 0.6) is 0 Å². The quantitative estimate of drug-likeness (QED) is 0.595. The standard InChI is InChI=1S/C6H19OSi3/c1-8(2)10(5,6)9(3,4)7/h8H,1-6H3. The fourth-order valence-electron chi connectivity index (χ4n) is 0.695. The zero-order chi connectivity index (χ0) is 8.58. The summed E-state index contributed by atoms with van der Waals surface area (Å²) in [6.07, 6.45) is 0. The number of rotatable bonds is 2. The average molecular weight is 191 g/mol. The largest absolute Gasteiger partial charge is 0.302 e. The first-order valence-corrected chi connectivity index (χ1v) is 14.9. The molecule has 0 saturated carbocycles. The lowest BCUT2D eigenvalue weighted by Gasteiger charge is -2.33. The van der Waals surface area contributed by atoms with E-state index in [0.29, 0.717) is 0 Å². The first-order chi connectivity index (χ1) is 4.19. The van der Waals surface area contributed by atoms with Crippen molar-refractivity contribution in [1.82, 2.24) is 0 Å². The molecule has 0 aliphatic rings. The molecular weight excluding hydrogens is 172 g/mol. The normalized spacial score (nSPS) is 14.4. The number of hydrogen-bond acceptors (Lipinski definition) is 0. The van der Waals surface area contributed by atoms with Gasteiger partial charge in [-0.05, 0) is 13.1 Å². The zero-order valence-electron chi connectivity index (χ0n) is 7.99. The summed E-state index contributed by atoms with van der Waals surface area (Å²) in [7, 11) is -3.87. The van der Waals surface area contributed by atoms with Gasteiger partial charge in [0, 0.05) is 8.31 Å². The Hall–Kier alpha value is 0.611. The molecule has 0 aliphatic carbocycles. The Morgan fingerprint density at radius 1 is 1.00 bits per heavy atom. The highest BCUT2D eigenvalue weighted by Crippen LogP contribution is 2.19. The van der Waals surface area contributed by atoms with Crippen molar-refractivity contribution >= 4 is 23.3 Å². The fraction of sp³-hybridized carbons (Fsp3) is 1.00. The highest BCUT2D eigenvalue weighted by Gasteiger charge is 2.44. The molecule has 0 aromatic carbocycles. The van der Waals surface area contributed by atoms with Crippen molar-refractivity contribution in [2.24, 2.45) is 0 Å². The minimum Gasteiger partial charge on any atom is -0.302 e. The third kappa shape index (κ3) is 2.05. The fourth-order valence-corrected chi connectivity index (χ4v) is 18.8. The first-order valence-electron chi connectivity index (χ1n) is 3.90. The Kier molecular flexibility index (Phi) is 3.10. The summed E-state index contributed by atoms with van der Waals surface area (Å²) >= 11 is 0. The van der Waals surface area contributed by atoms with Gasteiger partial charge in [0.25, 0.3) is 0 Å². The summed E-state index contributed by atoms with van der Waals surface area (Å²) in [6.45, 7) is 13.2. The molecule has 0 aromatic rings. The lowest BCUT2D eigenvalue weighted by Crippen LogP contribution is -2.62. The van der Waals surface area contributed by atoms with Crippen molar-refractivity contribution in [2.75, 3.05) is 0 Å². The molecule has 1 radical (unpaired) electrons. The van der Waals surface area contributed by atoms with Crippen LogP contribution in [0.15, 0.2) is 0 Å². The van der Waals surface area contributed by atoms with E-state index in [1.165, 1.54) is 0 Å². The summed E-state index contributed by atoms with van der Waals surface area (Å²) in [5, 5.41) is 0. The Bertz CT molecular complexity index is 115. The second kappa shape index (κ2) is 2.92. The average Bonchev–Trinajstić information content (AvgIpc) is 1.62. The molecule has 0 fully saturated rings. The molecule has 0 amide bonds. The van der Waals surface area contributed by atoms with Crippen LogP contribution in [-0.2, 0) is 4.80 Å². The van der Waals surface area contributed by atoms with Gasteiger partial charge in [0.2, 0.25) is 7.83 Å². The van der Waals surface area contributed by atoms with Crippen LogP contribution in [0.4, 0.5) is 0 Å². The van der Waals surface area contributed by atoms with Crippen LogP contribution in [0.25, 0.3) is 0 Å². The van der Waals surface area contributed by atoms with Crippen molar-refractivity contribution in [2.45, 2.75) is 39.3 Å². The second-order valence-electron chi connectivity index (χ2n) is 4.39. The van der Waals surface area contributed by atoms with E-state index >= 15 is 0 Å². The predicted octanol–water partition coefficient (Wildman–Crippen LogP) is 1.97. The lowest BCUT2D eigenvalue weighted by atomic mass is 11.9. The molecule has 0 bridgehead atoms. The van der Waals surface area contributed by atoms with E-state index in [4.69, 9.17) is 0 Å². The molecule has 0 atom stereocenters. The maximum absolute atomic E-state index is 11.8. The van der Waals surface area contributed by atoms with E-state index in [1.807, 2.05) is 13.1 Å². The monoisotopic (exact) mass is 191 g/mol. The van der Waals surface area contributed by atoms with E-state index in [-0.39, 0.29) is 0 Å². The molecule has 0 unspecified atom stereocenters. The second-order valence-corrected chi connectivity index (χ2v) is 30.2. The van der Waals surface area contributed by atoms with Gasteiger partial charge in [0.05, 0.1) is 7.11 Å². The van der Waals surface area contributed by atoms with Gasteiger partial charge < -0.3 is 4.80 Å². The van der Waals surface area contributed by atoms with Gasteiger partial charge in [-0.15, -0.1) is 0 Å². The van der Waals surface area contributed by atoms with Gasteiger partial charge in [0.15, 0.2) is 0 Å². The van der Waals surface area contributed by atoms with Crippen LogP contribution in [0.2, 0.25) is 39.3 Å². The first kappa shape index (κ1) is 10.6. The molecule has 0 heterocycles. The van der Waals surface area contributed by atoms with Crippen molar-refractivity contribution in [3.8, 4) is 0 Å². The van der Waals surface area contributed by atoms with Gasteiger partial charge in [-0.1, -0.05) is 26.2 Å². The van der Waals surface area contributed by atoms with Crippen LogP contribution in [-0.4, -0.2) is 23.3 Å². The third-order valence-corrected chi connectivity index (χ3v) is 38.4. The molecular formula is C6H19OSi3. The molecule has 4 heteroatoms. The Labute approximate surface area is 67.8 Å². The van der Waals surface area contributed by atoms with E-state index in [2.05, 4.69) is 26.2 Å². The maximum atomic E-state index is 11.8. The summed E-state index contributed by atoms with van der Waals surface area (Å²) in [6, 6.07) is 0. The minimum atomic E-state index is -2.00. The van der Waals surface area contributed by atoms with Gasteiger partial charge in [-0.2, -0.15) is 0 Å². The van der Waals surface area contributed by atoms with Crippen molar-refractivity contribution in [1.29, 1.82) is 0 Å². The summed E-state index contributed by atoms with van der Waals surface area (Å²) in [5.74, 6) is 0. The topological polar surface area (TPSA) is 19.9 Å².